The molecule has 1 heterocycles. The SMILES string of the molecule is O=C(CC(c1ccccc1)P(=O)(c1ccccc1)c1ccccc1)n1cccc1. The fraction of sp³-hybridized carbons (Fsp3) is 0.0800. The molecule has 0 fully saturated rings. The number of nitrogens with zero attached hydrogens (tertiary/aromatic N) is 1. The van der Waals surface area contributed by atoms with E-state index in [0.717, 1.165) is 16.2 Å². The first kappa shape index (κ1) is 19.2. The lowest BCUT2D eigenvalue weighted by Gasteiger charge is -2.29. The number of carbonyl (C=O) groups is 1. The van der Waals surface area contributed by atoms with E-state index in [1.165, 1.54) is 0 Å². The van der Waals surface area contributed by atoms with Gasteiger partial charge in [-0.3, -0.25) is 9.36 Å². The quantitative estimate of drug-likeness (QED) is 0.414. The molecule has 29 heavy (non-hydrogen) atoms. The van der Waals surface area contributed by atoms with Gasteiger partial charge >= 0.3 is 0 Å². The minimum atomic E-state index is -3.15. The molecular formula is C25H22NO2P. The van der Waals surface area contributed by atoms with Crippen molar-refractivity contribution in [1.29, 1.82) is 0 Å². The van der Waals surface area contributed by atoms with Crippen LogP contribution in [0.1, 0.15) is 22.4 Å². The van der Waals surface area contributed by atoms with Crippen LogP contribution in [0.3, 0.4) is 0 Å². The molecule has 0 aliphatic rings. The summed E-state index contributed by atoms with van der Waals surface area (Å²) in [6, 6.07) is 32.5. The lowest BCUT2D eigenvalue weighted by atomic mass is 10.1. The molecule has 3 aromatic carbocycles. The van der Waals surface area contributed by atoms with Crippen molar-refractivity contribution < 1.29 is 9.36 Å². The molecule has 0 saturated carbocycles. The molecule has 3 nitrogen and oxygen atoms in total. The monoisotopic (exact) mass is 399 g/mol. The van der Waals surface area contributed by atoms with Gasteiger partial charge in [-0.05, 0) is 17.7 Å². The summed E-state index contributed by atoms with van der Waals surface area (Å²) < 4.78 is 16.4. The molecule has 0 amide bonds. The fourth-order valence-corrected chi connectivity index (χ4v) is 6.96. The number of benzene rings is 3. The lowest BCUT2D eigenvalue weighted by molar-refractivity contribution is 0.0901. The summed E-state index contributed by atoms with van der Waals surface area (Å²) in [4.78, 5) is 13.0. The molecule has 0 radical (unpaired) electrons. The summed E-state index contributed by atoms with van der Waals surface area (Å²) in [5.41, 5.74) is 0.451. The van der Waals surface area contributed by atoms with Crippen LogP contribution in [0, 0.1) is 0 Å². The zero-order chi connectivity index (χ0) is 20.1. The van der Waals surface area contributed by atoms with Crippen LogP contribution in [0.15, 0.2) is 116 Å². The van der Waals surface area contributed by atoms with Gasteiger partial charge in [0.25, 0.3) is 0 Å². The van der Waals surface area contributed by atoms with E-state index in [9.17, 15) is 9.36 Å². The summed E-state index contributed by atoms with van der Waals surface area (Å²) in [5.74, 6) is -0.0732. The topological polar surface area (TPSA) is 39.1 Å². The van der Waals surface area contributed by atoms with Gasteiger partial charge < -0.3 is 4.57 Å². The maximum Gasteiger partial charge on any atom is 0.231 e. The molecule has 4 heteroatoms. The van der Waals surface area contributed by atoms with Gasteiger partial charge in [0, 0.05) is 29.4 Å². The zero-order valence-corrected chi connectivity index (χ0v) is 16.9. The Morgan fingerprint density at radius 1 is 0.690 bits per heavy atom. The van der Waals surface area contributed by atoms with Crippen molar-refractivity contribution in [2.75, 3.05) is 0 Å². The smallest absolute Gasteiger partial charge is 0.231 e. The number of hydrogen-bond donors (Lipinski definition) is 0. The van der Waals surface area contributed by atoms with Crippen LogP contribution in [0.25, 0.3) is 0 Å². The highest BCUT2D eigenvalue weighted by Gasteiger charge is 2.39. The molecule has 0 aliphatic carbocycles. The van der Waals surface area contributed by atoms with Crippen LogP contribution in [0.4, 0.5) is 0 Å². The molecule has 0 aliphatic heterocycles. The molecule has 144 valence electrons. The van der Waals surface area contributed by atoms with E-state index in [2.05, 4.69) is 0 Å². The molecular weight excluding hydrogens is 377 g/mol. The molecule has 1 aromatic heterocycles. The van der Waals surface area contributed by atoms with E-state index in [1.807, 2.05) is 103 Å². The van der Waals surface area contributed by atoms with E-state index in [0.29, 0.717) is 0 Å². The van der Waals surface area contributed by atoms with Gasteiger partial charge in [0.15, 0.2) is 7.14 Å². The maximum atomic E-state index is 14.9. The summed E-state index contributed by atoms with van der Waals surface area (Å²) in [5, 5.41) is 1.53. The zero-order valence-electron chi connectivity index (χ0n) is 16.0. The first-order valence-electron chi connectivity index (χ1n) is 9.61. The van der Waals surface area contributed by atoms with Crippen molar-refractivity contribution in [2.24, 2.45) is 0 Å². The summed E-state index contributed by atoms with van der Waals surface area (Å²) in [7, 11) is -3.15. The predicted octanol–water partition coefficient (Wildman–Crippen LogP) is 5.27. The molecule has 0 saturated heterocycles. The number of carbonyl (C=O) groups excluding carboxylic acids is 1. The first-order valence-corrected chi connectivity index (χ1v) is 11.4. The molecule has 0 bridgehead atoms. The Morgan fingerprint density at radius 3 is 1.62 bits per heavy atom. The van der Waals surface area contributed by atoms with Gasteiger partial charge in [0.05, 0.1) is 5.66 Å². The van der Waals surface area contributed by atoms with Gasteiger partial charge in [-0.2, -0.15) is 0 Å². The van der Waals surface area contributed by atoms with Crippen molar-refractivity contribution >= 4 is 23.7 Å². The molecule has 1 atom stereocenters. The third kappa shape index (κ3) is 3.87. The maximum absolute atomic E-state index is 14.9. The standard InChI is InChI=1S/C25H22NO2P/c27-25(26-18-10-11-19-26)20-24(21-12-4-1-5-13-21)29(28,22-14-6-2-7-15-22)23-16-8-3-9-17-23/h1-19,24H,20H2. The predicted molar refractivity (Wildman–Crippen MR) is 119 cm³/mol. The summed E-state index contributed by atoms with van der Waals surface area (Å²) in [6.07, 6.45) is 3.63. The summed E-state index contributed by atoms with van der Waals surface area (Å²) in [6.45, 7) is 0. The Labute approximate surface area is 171 Å². The summed E-state index contributed by atoms with van der Waals surface area (Å²) >= 11 is 0. The van der Waals surface area contributed by atoms with Crippen LogP contribution >= 0.6 is 7.14 Å². The average Bonchev–Trinajstić information content (AvgIpc) is 3.34. The average molecular weight is 399 g/mol. The van der Waals surface area contributed by atoms with Crippen LogP contribution in [0.5, 0.6) is 0 Å². The molecule has 0 spiro atoms. The van der Waals surface area contributed by atoms with Crippen molar-refractivity contribution in [3.8, 4) is 0 Å². The largest absolute Gasteiger partial charge is 0.313 e. The second-order valence-electron chi connectivity index (χ2n) is 6.94. The lowest BCUT2D eigenvalue weighted by Crippen LogP contribution is -2.24. The van der Waals surface area contributed by atoms with E-state index >= 15 is 0 Å². The van der Waals surface area contributed by atoms with Crippen molar-refractivity contribution in [2.45, 2.75) is 12.1 Å². The van der Waals surface area contributed by atoms with Gasteiger partial charge in [-0.15, -0.1) is 0 Å². The second-order valence-corrected chi connectivity index (χ2v) is 9.92. The third-order valence-corrected chi connectivity index (χ3v) is 8.65. The number of aromatic nitrogens is 1. The fourth-order valence-electron chi connectivity index (χ4n) is 3.71. The molecule has 4 aromatic rings. The highest BCUT2D eigenvalue weighted by molar-refractivity contribution is 7.79. The highest BCUT2D eigenvalue weighted by atomic mass is 31.2. The van der Waals surface area contributed by atoms with Crippen LogP contribution in [-0.4, -0.2) is 10.5 Å². The van der Waals surface area contributed by atoms with E-state index < -0.39 is 12.8 Å². The molecule has 0 N–H and O–H groups in total. The Hall–Kier alpha value is -3.16. The Kier molecular flexibility index (Phi) is 5.59. The minimum absolute atomic E-state index is 0.0732. The van der Waals surface area contributed by atoms with E-state index in [-0.39, 0.29) is 12.3 Å². The van der Waals surface area contributed by atoms with Crippen LogP contribution in [0.2, 0.25) is 0 Å². The highest BCUT2D eigenvalue weighted by Crippen LogP contribution is 2.58. The van der Waals surface area contributed by atoms with Crippen molar-refractivity contribution in [3.63, 3.8) is 0 Å². The van der Waals surface area contributed by atoms with Gasteiger partial charge in [0.2, 0.25) is 5.91 Å². The Bertz CT molecular complexity index is 1060. The normalized spacial score (nSPS) is 12.4. The number of hydrogen-bond acceptors (Lipinski definition) is 2. The van der Waals surface area contributed by atoms with Gasteiger partial charge in [0.1, 0.15) is 0 Å². The van der Waals surface area contributed by atoms with Gasteiger partial charge in [-0.1, -0.05) is 91.0 Å². The van der Waals surface area contributed by atoms with E-state index in [4.69, 9.17) is 0 Å². The van der Waals surface area contributed by atoms with Crippen LogP contribution in [-0.2, 0) is 4.57 Å². The van der Waals surface area contributed by atoms with Gasteiger partial charge in [-0.25, -0.2) is 0 Å². The minimum Gasteiger partial charge on any atom is -0.313 e. The molecule has 1 unspecified atom stereocenters. The van der Waals surface area contributed by atoms with Crippen molar-refractivity contribution in [3.05, 3.63) is 121 Å². The Morgan fingerprint density at radius 2 is 1.14 bits per heavy atom. The second kappa shape index (κ2) is 8.46. The first-order chi connectivity index (χ1) is 14.2. The third-order valence-electron chi connectivity index (χ3n) is 5.16. The van der Waals surface area contributed by atoms with E-state index in [1.54, 1.807) is 17.0 Å². The Balaban J connectivity index is 1.89. The molecule has 4 rings (SSSR count). The number of rotatable bonds is 6. The van der Waals surface area contributed by atoms with Crippen LogP contribution < -0.4 is 10.6 Å². The van der Waals surface area contributed by atoms with Crippen molar-refractivity contribution in [1.82, 2.24) is 4.57 Å².